The van der Waals surface area contributed by atoms with Crippen LogP contribution in [-0.4, -0.2) is 33.6 Å². The number of hydrogen-bond donors (Lipinski definition) is 0. The first-order valence-corrected chi connectivity index (χ1v) is 7.10. The largest absolute Gasteiger partial charge is 0.335 e. The number of aryl methyl sites for hydroxylation is 1. The number of amides is 1. The van der Waals surface area contributed by atoms with Gasteiger partial charge in [0.1, 0.15) is 0 Å². The number of halogens is 2. The van der Waals surface area contributed by atoms with Crippen LogP contribution in [0.4, 0.5) is 4.39 Å². The summed E-state index contributed by atoms with van der Waals surface area (Å²) >= 11 is 5.56. The van der Waals surface area contributed by atoms with E-state index in [9.17, 15) is 14.0 Å². The smallest absolute Gasteiger partial charge is 0.255 e. The van der Waals surface area contributed by atoms with Crippen LogP contribution in [-0.2, 0) is 11.2 Å². The predicted octanol–water partition coefficient (Wildman–Crippen LogP) is 2.15. The molecule has 2 atom stereocenters. The van der Waals surface area contributed by atoms with E-state index in [2.05, 4.69) is 4.98 Å². The second kappa shape index (κ2) is 5.13. The van der Waals surface area contributed by atoms with E-state index in [1.807, 2.05) is 0 Å². The molecule has 0 bridgehead atoms. The van der Waals surface area contributed by atoms with E-state index < -0.39 is 11.2 Å². The van der Waals surface area contributed by atoms with Crippen LogP contribution in [0, 0.1) is 11.9 Å². The van der Waals surface area contributed by atoms with Crippen molar-refractivity contribution in [3.05, 3.63) is 29.3 Å². The monoisotopic (exact) mass is 296 g/mol. The molecule has 1 aromatic heterocycles. The molecule has 4 nitrogen and oxygen atoms in total. The Labute approximate surface area is 120 Å². The van der Waals surface area contributed by atoms with Gasteiger partial charge in [-0.2, -0.15) is 4.39 Å². The van der Waals surface area contributed by atoms with Gasteiger partial charge in [-0.3, -0.25) is 9.59 Å². The highest BCUT2D eigenvalue weighted by molar-refractivity contribution is 6.64. The number of piperidine rings is 1. The van der Waals surface area contributed by atoms with E-state index in [1.54, 1.807) is 4.90 Å². The molecule has 6 heteroatoms. The standard InChI is InChI=1S/C14H14ClFN2O2/c15-13(19)8-1-2-9-3-5-11-10(4-6-12(16)17-11)14(20)18(9)7-8/h4,6,8-9H,1-3,5,7H2/t8-,9-/m1/s1. The number of pyridine rings is 1. The SMILES string of the molecule is O=C(Cl)[C@@H]1CC[C@@H]2CCc3nc(F)ccc3C(=O)N2C1. The van der Waals surface area contributed by atoms with Crippen LogP contribution in [0.2, 0.25) is 0 Å². The van der Waals surface area contributed by atoms with Gasteiger partial charge in [0.2, 0.25) is 11.2 Å². The maximum Gasteiger partial charge on any atom is 0.255 e. The third-order valence-corrected chi connectivity index (χ3v) is 4.48. The zero-order chi connectivity index (χ0) is 14.3. The van der Waals surface area contributed by atoms with Crippen LogP contribution in [0.5, 0.6) is 0 Å². The lowest BCUT2D eigenvalue weighted by atomic mass is 9.92. The summed E-state index contributed by atoms with van der Waals surface area (Å²) in [6.07, 6.45) is 2.79. The van der Waals surface area contributed by atoms with Gasteiger partial charge >= 0.3 is 0 Å². The van der Waals surface area contributed by atoms with Gasteiger partial charge in [0.05, 0.1) is 17.2 Å². The molecule has 0 aliphatic carbocycles. The van der Waals surface area contributed by atoms with E-state index >= 15 is 0 Å². The highest BCUT2D eigenvalue weighted by Crippen LogP contribution is 2.31. The number of nitrogens with zero attached hydrogens (tertiary/aromatic N) is 2. The molecular weight excluding hydrogens is 283 g/mol. The van der Waals surface area contributed by atoms with E-state index in [-0.39, 0.29) is 17.9 Å². The number of aromatic nitrogens is 1. The van der Waals surface area contributed by atoms with Crippen molar-refractivity contribution in [1.29, 1.82) is 0 Å². The Morgan fingerprint density at radius 2 is 2.15 bits per heavy atom. The minimum Gasteiger partial charge on any atom is -0.335 e. The van der Waals surface area contributed by atoms with Gasteiger partial charge in [0.15, 0.2) is 0 Å². The zero-order valence-corrected chi connectivity index (χ0v) is 11.6. The molecule has 1 aromatic rings. The normalized spacial score (nSPS) is 25.7. The Morgan fingerprint density at radius 3 is 2.90 bits per heavy atom. The molecule has 1 fully saturated rings. The van der Waals surface area contributed by atoms with Gasteiger partial charge in [0.25, 0.3) is 5.91 Å². The molecule has 0 spiro atoms. The summed E-state index contributed by atoms with van der Waals surface area (Å²) < 4.78 is 13.2. The lowest BCUT2D eigenvalue weighted by Crippen LogP contribution is -2.47. The van der Waals surface area contributed by atoms with Crippen molar-refractivity contribution in [2.45, 2.75) is 31.7 Å². The average Bonchev–Trinajstić information content (AvgIpc) is 2.56. The zero-order valence-electron chi connectivity index (χ0n) is 10.8. The molecule has 20 heavy (non-hydrogen) atoms. The first-order chi connectivity index (χ1) is 9.56. The van der Waals surface area contributed by atoms with E-state index in [4.69, 9.17) is 11.6 Å². The first kappa shape index (κ1) is 13.5. The number of carbonyl (C=O) groups excluding carboxylic acids is 2. The summed E-state index contributed by atoms with van der Waals surface area (Å²) in [5.41, 5.74) is 0.953. The fourth-order valence-electron chi connectivity index (χ4n) is 3.08. The number of fused-ring (bicyclic) bond motifs is 2. The van der Waals surface area contributed by atoms with Crippen molar-refractivity contribution in [2.24, 2.45) is 5.92 Å². The maximum absolute atomic E-state index is 13.2. The summed E-state index contributed by atoms with van der Waals surface area (Å²) in [6.45, 7) is 0.350. The second-order valence-electron chi connectivity index (χ2n) is 5.36. The molecule has 0 radical (unpaired) electrons. The van der Waals surface area contributed by atoms with Gasteiger partial charge < -0.3 is 4.90 Å². The molecule has 2 aliphatic rings. The van der Waals surface area contributed by atoms with Crippen molar-refractivity contribution in [1.82, 2.24) is 9.88 Å². The number of carbonyl (C=O) groups is 2. The van der Waals surface area contributed by atoms with E-state index in [0.717, 1.165) is 12.8 Å². The molecule has 106 valence electrons. The molecular formula is C14H14ClFN2O2. The van der Waals surface area contributed by atoms with Crippen LogP contribution < -0.4 is 0 Å². The predicted molar refractivity (Wildman–Crippen MR) is 70.9 cm³/mol. The van der Waals surface area contributed by atoms with Crippen molar-refractivity contribution < 1.29 is 14.0 Å². The minimum absolute atomic E-state index is 0.0898. The Balaban J connectivity index is 1.93. The molecule has 1 saturated heterocycles. The van der Waals surface area contributed by atoms with Crippen molar-refractivity contribution in [3.63, 3.8) is 0 Å². The van der Waals surface area contributed by atoms with Crippen molar-refractivity contribution in [2.75, 3.05) is 6.54 Å². The van der Waals surface area contributed by atoms with E-state index in [0.29, 0.717) is 30.6 Å². The Hall–Kier alpha value is -1.49. The Morgan fingerprint density at radius 1 is 1.35 bits per heavy atom. The summed E-state index contributed by atoms with van der Waals surface area (Å²) in [4.78, 5) is 29.4. The summed E-state index contributed by atoms with van der Waals surface area (Å²) in [6, 6.07) is 2.77. The third kappa shape index (κ3) is 2.30. The van der Waals surface area contributed by atoms with Gasteiger partial charge in [-0.15, -0.1) is 0 Å². The van der Waals surface area contributed by atoms with Gasteiger partial charge in [-0.1, -0.05) is 0 Å². The lowest BCUT2D eigenvalue weighted by molar-refractivity contribution is -0.116. The summed E-state index contributed by atoms with van der Waals surface area (Å²) in [7, 11) is 0. The van der Waals surface area contributed by atoms with Crippen molar-refractivity contribution in [3.8, 4) is 0 Å². The molecule has 3 heterocycles. The van der Waals surface area contributed by atoms with E-state index in [1.165, 1.54) is 12.1 Å². The van der Waals surface area contributed by atoms with Gasteiger partial charge in [0, 0.05) is 12.6 Å². The average molecular weight is 297 g/mol. The molecule has 2 aliphatic heterocycles. The first-order valence-electron chi connectivity index (χ1n) is 6.72. The molecule has 1 amide bonds. The van der Waals surface area contributed by atoms with Crippen LogP contribution >= 0.6 is 11.6 Å². The van der Waals surface area contributed by atoms with Crippen LogP contribution in [0.25, 0.3) is 0 Å². The highest BCUT2D eigenvalue weighted by atomic mass is 35.5. The minimum atomic E-state index is -0.565. The fraction of sp³-hybridized carbons (Fsp3) is 0.500. The van der Waals surface area contributed by atoms with Crippen molar-refractivity contribution >= 4 is 22.8 Å². The highest BCUT2D eigenvalue weighted by Gasteiger charge is 2.37. The Kier molecular flexibility index (Phi) is 3.46. The summed E-state index contributed by atoms with van der Waals surface area (Å²) in [5.74, 6) is -1.03. The molecule has 3 rings (SSSR count). The number of rotatable bonds is 1. The topological polar surface area (TPSA) is 50.3 Å². The Bertz CT molecular complexity index is 578. The number of hydrogen-bond acceptors (Lipinski definition) is 3. The molecule has 0 aromatic carbocycles. The molecule has 0 saturated carbocycles. The second-order valence-corrected chi connectivity index (χ2v) is 5.73. The lowest BCUT2D eigenvalue weighted by Gasteiger charge is -2.37. The van der Waals surface area contributed by atoms with Crippen LogP contribution in [0.15, 0.2) is 12.1 Å². The van der Waals surface area contributed by atoms with Crippen LogP contribution in [0.1, 0.15) is 35.3 Å². The summed E-state index contributed by atoms with van der Waals surface area (Å²) in [5, 5.41) is -0.391. The third-order valence-electron chi connectivity index (χ3n) is 4.17. The maximum atomic E-state index is 13.2. The van der Waals surface area contributed by atoms with Gasteiger partial charge in [-0.05, 0) is 49.4 Å². The fourth-order valence-corrected chi connectivity index (χ4v) is 3.26. The van der Waals surface area contributed by atoms with Gasteiger partial charge in [-0.25, -0.2) is 4.98 Å². The molecule has 0 unspecified atom stereocenters. The van der Waals surface area contributed by atoms with Crippen LogP contribution in [0.3, 0.4) is 0 Å². The quantitative estimate of drug-likeness (QED) is 0.589. The molecule has 0 N–H and O–H groups in total.